The van der Waals surface area contributed by atoms with Crippen molar-refractivity contribution in [1.82, 2.24) is 5.32 Å². The summed E-state index contributed by atoms with van der Waals surface area (Å²) in [5.74, 6) is -1.60. The van der Waals surface area contributed by atoms with Crippen LogP contribution >= 0.6 is 23.2 Å². The van der Waals surface area contributed by atoms with Gasteiger partial charge in [-0.05, 0) is 30.9 Å². The average molecular weight is 362 g/mol. The number of hydrogen-bond acceptors (Lipinski definition) is 3. The van der Waals surface area contributed by atoms with Gasteiger partial charge in [-0.3, -0.25) is 4.79 Å². The minimum Gasteiger partial charge on any atom is -0.452 e. The van der Waals surface area contributed by atoms with Crippen molar-refractivity contribution in [2.24, 2.45) is 5.92 Å². The van der Waals surface area contributed by atoms with Crippen LogP contribution in [0.25, 0.3) is 0 Å². The number of rotatable bonds is 4. The maximum absolute atomic E-state index is 13.4. The van der Waals surface area contributed by atoms with E-state index in [4.69, 9.17) is 27.9 Å². The minimum absolute atomic E-state index is 0.0253. The van der Waals surface area contributed by atoms with E-state index in [9.17, 15) is 14.0 Å². The SMILES string of the molecule is C[C@H]1CCCC[C@@H]1NC(=O)COC(=O)c1cc(F)c(Cl)cc1Cl. The Morgan fingerprint density at radius 1 is 1.26 bits per heavy atom. The van der Waals surface area contributed by atoms with Gasteiger partial charge in [0.05, 0.1) is 15.6 Å². The highest BCUT2D eigenvalue weighted by atomic mass is 35.5. The lowest BCUT2D eigenvalue weighted by molar-refractivity contribution is -0.125. The molecular formula is C16H18Cl2FNO3. The van der Waals surface area contributed by atoms with Crippen molar-refractivity contribution in [3.8, 4) is 0 Å². The zero-order valence-electron chi connectivity index (χ0n) is 12.7. The lowest BCUT2D eigenvalue weighted by atomic mass is 9.86. The fourth-order valence-corrected chi connectivity index (χ4v) is 3.13. The van der Waals surface area contributed by atoms with Gasteiger partial charge in [-0.15, -0.1) is 0 Å². The Morgan fingerprint density at radius 3 is 2.65 bits per heavy atom. The number of hydrogen-bond donors (Lipinski definition) is 1. The Bertz CT molecular complexity index is 609. The highest BCUT2D eigenvalue weighted by molar-refractivity contribution is 6.36. The van der Waals surface area contributed by atoms with E-state index in [0.717, 1.165) is 31.4 Å². The first-order valence-electron chi connectivity index (χ1n) is 7.49. The van der Waals surface area contributed by atoms with E-state index in [-0.39, 0.29) is 27.6 Å². The Labute approximate surface area is 144 Å². The van der Waals surface area contributed by atoms with E-state index < -0.39 is 18.4 Å². The first-order valence-corrected chi connectivity index (χ1v) is 8.25. The van der Waals surface area contributed by atoms with Crippen LogP contribution in [0.15, 0.2) is 12.1 Å². The molecule has 4 nitrogen and oxygen atoms in total. The van der Waals surface area contributed by atoms with Crippen LogP contribution < -0.4 is 5.32 Å². The molecule has 1 N–H and O–H groups in total. The van der Waals surface area contributed by atoms with Gasteiger partial charge in [0.25, 0.3) is 5.91 Å². The molecular weight excluding hydrogens is 344 g/mol. The quantitative estimate of drug-likeness (QED) is 0.651. The van der Waals surface area contributed by atoms with E-state index in [1.807, 2.05) is 0 Å². The third kappa shape index (κ3) is 4.82. The summed E-state index contributed by atoms with van der Waals surface area (Å²) in [6, 6.07) is 2.12. The molecule has 0 radical (unpaired) electrons. The van der Waals surface area contributed by atoms with Crippen LogP contribution in [0.5, 0.6) is 0 Å². The lowest BCUT2D eigenvalue weighted by Gasteiger charge is -2.29. The summed E-state index contributed by atoms with van der Waals surface area (Å²) in [6.45, 7) is 1.66. The molecule has 1 aromatic carbocycles. The third-order valence-electron chi connectivity index (χ3n) is 4.02. The van der Waals surface area contributed by atoms with Crippen molar-refractivity contribution in [3.05, 3.63) is 33.6 Å². The number of esters is 1. The van der Waals surface area contributed by atoms with Gasteiger partial charge in [0, 0.05) is 6.04 Å². The second-order valence-corrected chi connectivity index (χ2v) is 6.57. The summed E-state index contributed by atoms with van der Waals surface area (Å²) in [6.07, 6.45) is 4.25. The fraction of sp³-hybridized carbons (Fsp3) is 0.500. The van der Waals surface area contributed by atoms with Gasteiger partial charge in [-0.25, -0.2) is 9.18 Å². The van der Waals surface area contributed by atoms with Gasteiger partial charge in [-0.1, -0.05) is 43.0 Å². The van der Waals surface area contributed by atoms with Gasteiger partial charge in [0.1, 0.15) is 5.82 Å². The van der Waals surface area contributed by atoms with Crippen LogP contribution in [0.1, 0.15) is 43.0 Å². The number of benzene rings is 1. The molecule has 1 aliphatic carbocycles. The number of amides is 1. The van der Waals surface area contributed by atoms with Gasteiger partial charge >= 0.3 is 5.97 Å². The van der Waals surface area contributed by atoms with Crippen LogP contribution in [-0.4, -0.2) is 24.5 Å². The number of nitrogens with one attached hydrogen (secondary N) is 1. The van der Waals surface area contributed by atoms with Crippen LogP contribution in [0, 0.1) is 11.7 Å². The van der Waals surface area contributed by atoms with Crippen LogP contribution in [0.2, 0.25) is 10.0 Å². The highest BCUT2D eigenvalue weighted by Gasteiger charge is 2.23. The number of ether oxygens (including phenoxy) is 1. The molecule has 1 aromatic rings. The van der Waals surface area contributed by atoms with E-state index in [2.05, 4.69) is 12.2 Å². The molecule has 0 aromatic heterocycles. The number of carbonyl (C=O) groups is 2. The molecule has 0 unspecified atom stereocenters. The standard InChI is InChI=1S/C16H18Cl2FNO3/c1-9-4-2-3-5-14(9)20-15(21)8-23-16(22)10-6-13(19)12(18)7-11(10)17/h6-7,9,14H,2-5,8H2,1H3,(H,20,21)/t9-,14-/m0/s1. The molecule has 126 valence electrons. The molecule has 23 heavy (non-hydrogen) atoms. The van der Waals surface area contributed by atoms with Gasteiger partial charge in [-0.2, -0.15) is 0 Å². The molecule has 0 heterocycles. The Kier molecular flexibility index (Phi) is 6.25. The van der Waals surface area contributed by atoms with Gasteiger partial charge in [0.2, 0.25) is 0 Å². The molecule has 0 spiro atoms. The highest BCUT2D eigenvalue weighted by Crippen LogP contribution is 2.25. The Morgan fingerprint density at radius 2 is 1.96 bits per heavy atom. The molecule has 1 fully saturated rings. The van der Waals surface area contributed by atoms with Gasteiger partial charge in [0.15, 0.2) is 6.61 Å². The van der Waals surface area contributed by atoms with Crippen molar-refractivity contribution < 1.29 is 18.7 Å². The Balaban J connectivity index is 1.89. The smallest absolute Gasteiger partial charge is 0.340 e. The minimum atomic E-state index is -0.864. The first-order chi connectivity index (χ1) is 10.9. The molecule has 1 aliphatic rings. The maximum atomic E-state index is 13.4. The number of halogens is 3. The molecule has 2 rings (SSSR count). The summed E-state index contributed by atoms with van der Waals surface area (Å²) >= 11 is 11.4. The van der Waals surface area contributed by atoms with Crippen molar-refractivity contribution >= 4 is 35.1 Å². The zero-order chi connectivity index (χ0) is 17.0. The van der Waals surface area contributed by atoms with Crippen molar-refractivity contribution in [2.75, 3.05) is 6.61 Å². The summed E-state index contributed by atoms with van der Waals surface area (Å²) in [7, 11) is 0. The second-order valence-electron chi connectivity index (χ2n) is 5.76. The second kappa shape index (κ2) is 7.97. The number of carbonyl (C=O) groups excluding carboxylic acids is 2. The van der Waals surface area contributed by atoms with Crippen molar-refractivity contribution in [2.45, 2.75) is 38.6 Å². The van der Waals surface area contributed by atoms with Crippen molar-refractivity contribution in [3.63, 3.8) is 0 Å². The summed E-state index contributed by atoms with van der Waals surface area (Å²) < 4.78 is 18.3. The maximum Gasteiger partial charge on any atom is 0.340 e. The van der Waals surface area contributed by atoms with Gasteiger partial charge < -0.3 is 10.1 Å². The summed E-state index contributed by atoms with van der Waals surface area (Å²) in [5.41, 5.74) is -0.160. The normalized spacial score (nSPS) is 20.9. The molecule has 1 amide bonds. The predicted octanol–water partition coefficient (Wildman–Crippen LogP) is 3.98. The Hall–Kier alpha value is -1.33. The molecule has 2 atom stereocenters. The van der Waals surface area contributed by atoms with Crippen LogP contribution in [-0.2, 0) is 9.53 Å². The molecule has 0 aliphatic heterocycles. The van der Waals surface area contributed by atoms with E-state index >= 15 is 0 Å². The largest absolute Gasteiger partial charge is 0.452 e. The molecule has 7 heteroatoms. The van der Waals surface area contributed by atoms with Crippen molar-refractivity contribution in [1.29, 1.82) is 0 Å². The van der Waals surface area contributed by atoms with Crippen LogP contribution in [0.4, 0.5) is 4.39 Å². The molecule has 1 saturated carbocycles. The lowest BCUT2D eigenvalue weighted by Crippen LogP contribution is -2.42. The fourth-order valence-electron chi connectivity index (χ4n) is 2.67. The predicted molar refractivity (Wildman–Crippen MR) is 86.3 cm³/mol. The topological polar surface area (TPSA) is 55.4 Å². The first kappa shape index (κ1) is 18.0. The van der Waals surface area contributed by atoms with Crippen LogP contribution in [0.3, 0.4) is 0 Å². The summed E-state index contributed by atoms with van der Waals surface area (Å²) in [4.78, 5) is 23.8. The molecule has 0 saturated heterocycles. The average Bonchev–Trinajstić information content (AvgIpc) is 2.51. The molecule has 0 bridgehead atoms. The van der Waals surface area contributed by atoms with E-state index in [1.165, 1.54) is 6.42 Å². The zero-order valence-corrected chi connectivity index (χ0v) is 14.2. The third-order valence-corrected chi connectivity index (χ3v) is 4.62. The van der Waals surface area contributed by atoms with E-state index in [0.29, 0.717) is 5.92 Å². The summed E-state index contributed by atoms with van der Waals surface area (Å²) in [5, 5.41) is 2.66. The van der Waals surface area contributed by atoms with E-state index in [1.54, 1.807) is 0 Å². The monoisotopic (exact) mass is 361 g/mol.